The van der Waals surface area contributed by atoms with Crippen molar-refractivity contribution in [3.63, 3.8) is 0 Å². The number of aryl methyl sites for hydroxylation is 2. The lowest BCUT2D eigenvalue weighted by Gasteiger charge is -2.13. The molecule has 0 bridgehead atoms. The third kappa shape index (κ3) is 2.80. The summed E-state index contributed by atoms with van der Waals surface area (Å²) in [5, 5.41) is 13.3. The van der Waals surface area contributed by atoms with Gasteiger partial charge in [0.1, 0.15) is 17.0 Å². The van der Waals surface area contributed by atoms with Crippen LogP contribution in [0.3, 0.4) is 0 Å². The van der Waals surface area contributed by atoms with E-state index in [0.29, 0.717) is 24.2 Å². The molecule has 0 unspecified atom stereocenters. The maximum absolute atomic E-state index is 12.5. The Morgan fingerprint density at radius 3 is 2.82 bits per heavy atom. The Balaban J connectivity index is 2.63. The Morgan fingerprint density at radius 1 is 1.45 bits per heavy atom. The van der Waals surface area contributed by atoms with Crippen molar-refractivity contribution in [3.8, 4) is 5.75 Å². The summed E-state index contributed by atoms with van der Waals surface area (Å²) in [6.07, 6.45) is 0. The molecule has 0 saturated heterocycles. The van der Waals surface area contributed by atoms with Crippen molar-refractivity contribution in [1.29, 1.82) is 0 Å². The number of hydrogen-bond acceptors (Lipinski definition) is 5. The average Bonchev–Trinajstić information content (AvgIpc) is 2.47. The molecular formula is C15H19N3O4. The molecule has 2 rings (SSSR count). The molecule has 2 N–H and O–H groups in total. The van der Waals surface area contributed by atoms with Gasteiger partial charge >= 0.3 is 0 Å². The molecule has 1 amide bonds. The summed E-state index contributed by atoms with van der Waals surface area (Å²) in [7, 11) is 1.51. The lowest BCUT2D eigenvalue weighted by Crippen LogP contribution is -2.35. The van der Waals surface area contributed by atoms with Crippen LogP contribution in [0.5, 0.6) is 5.75 Å². The van der Waals surface area contributed by atoms with Gasteiger partial charge in [-0.3, -0.25) is 14.2 Å². The number of aromatic hydroxyl groups is 1. The second-order valence-electron chi connectivity index (χ2n) is 4.85. The first-order valence-corrected chi connectivity index (χ1v) is 7.01. The van der Waals surface area contributed by atoms with Crippen molar-refractivity contribution in [1.82, 2.24) is 14.9 Å². The molecule has 118 valence electrons. The lowest BCUT2D eigenvalue weighted by molar-refractivity contribution is 0.0932. The number of carbonyl (C=O) groups is 1. The normalized spacial score (nSPS) is 10.9. The Labute approximate surface area is 127 Å². The molecule has 0 radical (unpaired) electrons. The van der Waals surface area contributed by atoms with Gasteiger partial charge in [0.15, 0.2) is 0 Å². The molecule has 0 spiro atoms. The molecular weight excluding hydrogens is 286 g/mol. The lowest BCUT2D eigenvalue weighted by atomic mass is 10.1. The first-order valence-electron chi connectivity index (χ1n) is 7.01. The number of carbonyl (C=O) groups excluding carboxylic acids is 1. The van der Waals surface area contributed by atoms with E-state index in [1.54, 1.807) is 26.0 Å². The van der Waals surface area contributed by atoms with Gasteiger partial charge in [-0.2, -0.15) is 0 Å². The summed E-state index contributed by atoms with van der Waals surface area (Å²) in [4.78, 5) is 29.0. The van der Waals surface area contributed by atoms with Crippen molar-refractivity contribution in [2.45, 2.75) is 20.4 Å². The number of nitrogens with zero attached hydrogens (tertiary/aromatic N) is 2. The van der Waals surface area contributed by atoms with Gasteiger partial charge in [-0.25, -0.2) is 4.98 Å². The minimum atomic E-state index is -0.621. The molecule has 7 heteroatoms. The number of rotatable bonds is 5. The van der Waals surface area contributed by atoms with E-state index in [9.17, 15) is 14.7 Å². The Bertz CT molecular complexity index is 767. The number of hydrogen-bond donors (Lipinski definition) is 2. The van der Waals surface area contributed by atoms with Crippen LogP contribution in [0.4, 0.5) is 0 Å². The quantitative estimate of drug-likeness (QED) is 0.797. The first kappa shape index (κ1) is 16.0. The molecule has 22 heavy (non-hydrogen) atoms. The Morgan fingerprint density at radius 2 is 2.18 bits per heavy atom. The average molecular weight is 305 g/mol. The van der Waals surface area contributed by atoms with Crippen LogP contribution in [0.2, 0.25) is 0 Å². The number of fused-ring (bicyclic) bond motifs is 1. The van der Waals surface area contributed by atoms with Crippen LogP contribution in [-0.4, -0.2) is 40.8 Å². The fourth-order valence-electron chi connectivity index (χ4n) is 2.25. The molecule has 2 aromatic heterocycles. The highest BCUT2D eigenvalue weighted by atomic mass is 16.5. The Kier molecular flexibility index (Phi) is 4.77. The van der Waals surface area contributed by atoms with E-state index in [4.69, 9.17) is 4.74 Å². The van der Waals surface area contributed by atoms with Gasteiger partial charge in [0, 0.05) is 25.9 Å². The van der Waals surface area contributed by atoms with Gasteiger partial charge in [0.05, 0.1) is 12.0 Å². The van der Waals surface area contributed by atoms with Gasteiger partial charge in [-0.05, 0) is 26.0 Å². The van der Waals surface area contributed by atoms with Crippen molar-refractivity contribution in [2.75, 3.05) is 20.3 Å². The summed E-state index contributed by atoms with van der Waals surface area (Å²) in [6, 6.07) is 3.38. The predicted octanol–water partition coefficient (Wildman–Crippen LogP) is 0.807. The van der Waals surface area contributed by atoms with Crippen molar-refractivity contribution in [2.24, 2.45) is 0 Å². The van der Waals surface area contributed by atoms with Gasteiger partial charge in [0.2, 0.25) is 0 Å². The molecule has 7 nitrogen and oxygen atoms in total. The number of amides is 1. The van der Waals surface area contributed by atoms with Crippen molar-refractivity contribution >= 4 is 16.9 Å². The zero-order valence-electron chi connectivity index (χ0n) is 12.8. The summed E-state index contributed by atoms with van der Waals surface area (Å²) in [5.41, 5.74) is 0.279. The topological polar surface area (TPSA) is 93.5 Å². The number of methoxy groups -OCH3 is 1. The highest BCUT2D eigenvalue weighted by Gasteiger charge is 2.22. The van der Waals surface area contributed by atoms with E-state index in [-0.39, 0.29) is 17.9 Å². The SMILES string of the molecule is CCn1c(=O)c(C(=O)NCCOC)c(O)c2ccc(C)nc21. The number of aromatic nitrogens is 2. The van der Waals surface area contributed by atoms with Gasteiger partial charge < -0.3 is 15.2 Å². The highest BCUT2D eigenvalue weighted by Crippen LogP contribution is 2.25. The zero-order valence-corrected chi connectivity index (χ0v) is 12.8. The van der Waals surface area contributed by atoms with Crippen LogP contribution >= 0.6 is 0 Å². The molecule has 0 aliphatic heterocycles. The van der Waals surface area contributed by atoms with Gasteiger partial charge in [-0.15, -0.1) is 0 Å². The summed E-state index contributed by atoms with van der Waals surface area (Å²) >= 11 is 0. The van der Waals surface area contributed by atoms with Crippen LogP contribution in [0.25, 0.3) is 11.0 Å². The summed E-state index contributed by atoms with van der Waals surface area (Å²) in [5.74, 6) is -0.962. The van der Waals surface area contributed by atoms with Crippen LogP contribution in [-0.2, 0) is 11.3 Å². The molecule has 0 aliphatic carbocycles. The second kappa shape index (κ2) is 6.57. The van der Waals surface area contributed by atoms with E-state index in [1.165, 1.54) is 11.7 Å². The fourth-order valence-corrected chi connectivity index (χ4v) is 2.25. The zero-order chi connectivity index (χ0) is 16.3. The first-order chi connectivity index (χ1) is 10.5. The monoisotopic (exact) mass is 305 g/mol. The molecule has 0 atom stereocenters. The smallest absolute Gasteiger partial charge is 0.268 e. The van der Waals surface area contributed by atoms with E-state index in [1.807, 2.05) is 0 Å². The van der Waals surface area contributed by atoms with Crippen molar-refractivity contribution in [3.05, 3.63) is 33.7 Å². The van der Waals surface area contributed by atoms with E-state index >= 15 is 0 Å². The minimum Gasteiger partial charge on any atom is -0.506 e. The predicted molar refractivity (Wildman–Crippen MR) is 82.3 cm³/mol. The number of nitrogens with one attached hydrogen (secondary N) is 1. The van der Waals surface area contributed by atoms with Gasteiger partial charge in [0.25, 0.3) is 11.5 Å². The Hall–Kier alpha value is -2.41. The van der Waals surface area contributed by atoms with E-state index in [0.717, 1.165) is 5.69 Å². The highest BCUT2D eigenvalue weighted by molar-refractivity contribution is 6.01. The van der Waals surface area contributed by atoms with Crippen LogP contribution in [0.1, 0.15) is 23.0 Å². The van der Waals surface area contributed by atoms with Crippen LogP contribution in [0.15, 0.2) is 16.9 Å². The maximum Gasteiger partial charge on any atom is 0.268 e. The number of pyridine rings is 2. The fraction of sp³-hybridized carbons (Fsp3) is 0.400. The molecule has 0 fully saturated rings. The maximum atomic E-state index is 12.5. The van der Waals surface area contributed by atoms with E-state index < -0.39 is 11.5 Å². The summed E-state index contributed by atoms with van der Waals surface area (Å²) in [6.45, 7) is 4.51. The summed E-state index contributed by atoms with van der Waals surface area (Å²) < 4.78 is 6.23. The van der Waals surface area contributed by atoms with Crippen LogP contribution < -0.4 is 10.9 Å². The molecule has 0 aromatic carbocycles. The van der Waals surface area contributed by atoms with Crippen molar-refractivity contribution < 1.29 is 14.6 Å². The van der Waals surface area contributed by atoms with Crippen LogP contribution in [0, 0.1) is 6.92 Å². The second-order valence-corrected chi connectivity index (χ2v) is 4.85. The minimum absolute atomic E-state index is 0.254. The molecule has 0 aliphatic rings. The number of ether oxygens (including phenoxy) is 1. The van der Waals surface area contributed by atoms with Gasteiger partial charge in [-0.1, -0.05) is 0 Å². The molecule has 2 aromatic rings. The molecule has 0 saturated carbocycles. The third-order valence-electron chi connectivity index (χ3n) is 3.36. The standard InChI is InChI=1S/C15H19N3O4/c1-4-18-13-10(6-5-9(2)17-13)12(19)11(15(18)21)14(20)16-7-8-22-3/h5-6,19H,4,7-8H2,1-3H3,(H,16,20). The largest absolute Gasteiger partial charge is 0.506 e. The molecule has 2 heterocycles. The van der Waals surface area contributed by atoms with E-state index in [2.05, 4.69) is 10.3 Å². The third-order valence-corrected chi connectivity index (χ3v) is 3.36.